The summed E-state index contributed by atoms with van der Waals surface area (Å²) in [6.45, 7) is 8.44. The van der Waals surface area contributed by atoms with Gasteiger partial charge in [-0.1, -0.05) is 46.5 Å². The quantitative estimate of drug-likeness (QED) is 0.333. The van der Waals surface area contributed by atoms with Gasteiger partial charge in [0.1, 0.15) is 11.6 Å². The number of Topliss-reactive ketones (excluding diaryl/α,β-unsaturated/α-hetero) is 2. The molecular formula is C22H41NO4. The maximum absolute atomic E-state index is 12.9. The molecule has 0 amide bonds. The van der Waals surface area contributed by atoms with Crippen molar-refractivity contribution >= 4 is 11.6 Å². The highest BCUT2D eigenvalue weighted by Gasteiger charge is 2.30. The van der Waals surface area contributed by atoms with Crippen LogP contribution in [0.3, 0.4) is 0 Å². The van der Waals surface area contributed by atoms with Gasteiger partial charge in [-0.05, 0) is 50.4 Å². The van der Waals surface area contributed by atoms with Crippen molar-refractivity contribution in [3.63, 3.8) is 0 Å². The minimum Gasteiger partial charge on any atom is -0.298 e. The lowest BCUT2D eigenvalue weighted by molar-refractivity contribution is -0.251. The molecule has 0 saturated heterocycles. The summed E-state index contributed by atoms with van der Waals surface area (Å²) in [6, 6.07) is -0.471. The lowest BCUT2D eigenvalue weighted by atomic mass is 9.73. The minimum atomic E-state index is -0.275. The first-order valence-corrected chi connectivity index (χ1v) is 11.0. The summed E-state index contributed by atoms with van der Waals surface area (Å²) < 4.78 is 0. The molecule has 27 heavy (non-hydrogen) atoms. The summed E-state index contributed by atoms with van der Waals surface area (Å²) in [5.74, 6) is 1.68. The molecule has 2 N–H and O–H groups in total. The van der Waals surface area contributed by atoms with E-state index in [9.17, 15) is 9.59 Å². The largest absolute Gasteiger partial charge is 0.298 e. The molecule has 0 heterocycles. The van der Waals surface area contributed by atoms with Gasteiger partial charge in [0.15, 0.2) is 0 Å². The lowest BCUT2D eigenvalue weighted by Gasteiger charge is -2.33. The van der Waals surface area contributed by atoms with Crippen LogP contribution in [0, 0.1) is 17.8 Å². The standard InChI is InChI=1S/C22H41NO4/c1-5-9-20(21(24)10-6-2)23-17(4)22(25)14-19-12-8-7-11-18(19)13-16(3)15-27-26/h16-20,23,26H,5-15H2,1-4H3/t16-,17-,18-,19+,20-/m0/s1. The van der Waals surface area contributed by atoms with Crippen molar-refractivity contribution in [2.24, 2.45) is 17.8 Å². The summed E-state index contributed by atoms with van der Waals surface area (Å²) in [5, 5.41) is 12.0. The Balaban J connectivity index is 2.60. The zero-order valence-corrected chi connectivity index (χ0v) is 17.8. The third-order valence-electron chi connectivity index (χ3n) is 5.99. The molecule has 0 aromatic heterocycles. The average molecular weight is 384 g/mol. The van der Waals surface area contributed by atoms with Crippen LogP contribution in [0.4, 0.5) is 0 Å². The Hall–Kier alpha value is -0.780. The topological polar surface area (TPSA) is 75.6 Å². The normalized spacial score (nSPS) is 23.6. The van der Waals surface area contributed by atoms with E-state index < -0.39 is 0 Å². The molecular weight excluding hydrogens is 342 g/mol. The zero-order valence-electron chi connectivity index (χ0n) is 17.8. The second-order valence-corrected chi connectivity index (χ2v) is 8.56. The van der Waals surface area contributed by atoms with Crippen molar-refractivity contribution in [2.45, 2.75) is 104 Å². The number of hydrogen-bond acceptors (Lipinski definition) is 5. The number of nitrogens with one attached hydrogen (secondary N) is 1. The van der Waals surface area contributed by atoms with Crippen LogP contribution in [0.15, 0.2) is 0 Å². The summed E-state index contributed by atoms with van der Waals surface area (Å²) in [4.78, 5) is 29.5. The molecule has 158 valence electrons. The van der Waals surface area contributed by atoms with Gasteiger partial charge in [0.25, 0.3) is 0 Å². The van der Waals surface area contributed by atoms with Crippen molar-refractivity contribution in [3.8, 4) is 0 Å². The molecule has 1 fully saturated rings. The van der Waals surface area contributed by atoms with E-state index in [1.54, 1.807) is 0 Å². The van der Waals surface area contributed by atoms with Crippen molar-refractivity contribution in [3.05, 3.63) is 0 Å². The molecule has 5 atom stereocenters. The molecule has 0 spiro atoms. The second-order valence-electron chi connectivity index (χ2n) is 8.56. The fourth-order valence-electron chi connectivity index (χ4n) is 4.45. The van der Waals surface area contributed by atoms with Gasteiger partial charge in [-0.3, -0.25) is 20.2 Å². The molecule has 5 nitrogen and oxygen atoms in total. The zero-order chi connectivity index (χ0) is 20.2. The summed E-state index contributed by atoms with van der Waals surface area (Å²) in [5.41, 5.74) is 0. The van der Waals surface area contributed by atoms with Crippen molar-refractivity contribution < 1.29 is 19.7 Å². The SMILES string of the molecule is CCCC(=O)[C@H](CCC)N[C@@H](C)C(=O)C[C@H]1CCCC[C@H]1C[C@H](C)COO. The fourth-order valence-corrected chi connectivity index (χ4v) is 4.45. The van der Waals surface area contributed by atoms with E-state index >= 15 is 0 Å². The van der Waals surface area contributed by atoms with E-state index in [1.807, 2.05) is 13.8 Å². The predicted molar refractivity (Wildman–Crippen MR) is 109 cm³/mol. The third-order valence-corrected chi connectivity index (χ3v) is 5.99. The van der Waals surface area contributed by atoms with Crippen LogP contribution in [0.5, 0.6) is 0 Å². The first kappa shape index (κ1) is 24.3. The minimum absolute atomic E-state index is 0.197. The number of carbonyl (C=O) groups is 2. The molecule has 1 saturated carbocycles. The third kappa shape index (κ3) is 8.84. The fraction of sp³-hybridized carbons (Fsp3) is 0.909. The second kappa shape index (κ2) is 13.4. The van der Waals surface area contributed by atoms with Crippen LogP contribution in [-0.2, 0) is 14.5 Å². The van der Waals surface area contributed by atoms with Gasteiger partial charge in [-0.2, -0.15) is 0 Å². The summed E-state index contributed by atoms with van der Waals surface area (Å²) in [6.07, 6.45) is 9.40. The summed E-state index contributed by atoms with van der Waals surface area (Å²) in [7, 11) is 0. The van der Waals surface area contributed by atoms with Crippen molar-refractivity contribution in [2.75, 3.05) is 6.61 Å². The Kier molecular flexibility index (Phi) is 12.0. The van der Waals surface area contributed by atoms with Gasteiger partial charge in [0, 0.05) is 12.8 Å². The Bertz CT molecular complexity index is 440. The molecule has 5 heteroatoms. The highest BCUT2D eigenvalue weighted by Crippen LogP contribution is 2.36. The van der Waals surface area contributed by atoms with E-state index in [0.29, 0.717) is 37.2 Å². The Labute approximate surface area is 165 Å². The van der Waals surface area contributed by atoms with Crippen LogP contribution < -0.4 is 5.32 Å². The highest BCUT2D eigenvalue weighted by molar-refractivity contribution is 5.87. The van der Waals surface area contributed by atoms with Crippen LogP contribution in [0.2, 0.25) is 0 Å². The van der Waals surface area contributed by atoms with Gasteiger partial charge in [-0.15, -0.1) is 0 Å². The van der Waals surface area contributed by atoms with Gasteiger partial charge >= 0.3 is 0 Å². The maximum atomic E-state index is 12.9. The molecule has 0 radical (unpaired) electrons. The van der Waals surface area contributed by atoms with E-state index in [-0.39, 0.29) is 23.7 Å². The first-order valence-electron chi connectivity index (χ1n) is 11.0. The molecule has 1 aliphatic rings. The first-order chi connectivity index (χ1) is 12.9. The molecule has 0 aromatic rings. The Morgan fingerprint density at radius 3 is 2.33 bits per heavy atom. The van der Waals surface area contributed by atoms with Gasteiger partial charge in [0.05, 0.1) is 18.7 Å². The van der Waals surface area contributed by atoms with Crippen LogP contribution in [0.25, 0.3) is 0 Å². The smallest absolute Gasteiger partial charge is 0.149 e. The van der Waals surface area contributed by atoms with Gasteiger partial charge in [0.2, 0.25) is 0 Å². The molecule has 0 aromatic carbocycles. The molecule has 0 bridgehead atoms. The van der Waals surface area contributed by atoms with Crippen molar-refractivity contribution in [1.29, 1.82) is 0 Å². The number of carbonyl (C=O) groups excluding carboxylic acids is 2. The monoisotopic (exact) mass is 383 g/mol. The van der Waals surface area contributed by atoms with E-state index in [4.69, 9.17) is 5.26 Å². The molecule has 1 rings (SSSR count). The van der Waals surface area contributed by atoms with Crippen LogP contribution >= 0.6 is 0 Å². The van der Waals surface area contributed by atoms with Gasteiger partial charge < -0.3 is 0 Å². The maximum Gasteiger partial charge on any atom is 0.149 e. The Morgan fingerprint density at radius 1 is 1.07 bits per heavy atom. The average Bonchev–Trinajstić information content (AvgIpc) is 2.63. The van der Waals surface area contributed by atoms with Crippen LogP contribution in [-0.4, -0.2) is 35.5 Å². The van der Waals surface area contributed by atoms with E-state index in [2.05, 4.69) is 24.1 Å². The molecule has 0 unspecified atom stereocenters. The van der Waals surface area contributed by atoms with Crippen LogP contribution in [0.1, 0.15) is 91.9 Å². The number of hydrogen-bond donors (Lipinski definition) is 2. The number of ketones is 2. The number of rotatable bonds is 14. The van der Waals surface area contributed by atoms with Crippen molar-refractivity contribution in [1.82, 2.24) is 5.32 Å². The molecule has 0 aliphatic heterocycles. The predicted octanol–water partition coefficient (Wildman–Crippen LogP) is 4.78. The van der Waals surface area contributed by atoms with E-state index in [1.165, 1.54) is 12.8 Å². The van der Waals surface area contributed by atoms with E-state index in [0.717, 1.165) is 38.5 Å². The van der Waals surface area contributed by atoms with Gasteiger partial charge in [-0.25, -0.2) is 4.89 Å². The Morgan fingerprint density at radius 2 is 1.74 bits per heavy atom. The highest BCUT2D eigenvalue weighted by atomic mass is 17.1. The summed E-state index contributed by atoms with van der Waals surface area (Å²) >= 11 is 0. The molecule has 1 aliphatic carbocycles. The lowest BCUT2D eigenvalue weighted by Crippen LogP contribution is -2.46.